The monoisotopic (exact) mass is 481 g/mol. The van der Waals surface area contributed by atoms with E-state index >= 15 is 0 Å². The fourth-order valence-electron chi connectivity index (χ4n) is 3.35. The number of hydrogen-bond donors (Lipinski definition) is 0. The van der Waals surface area contributed by atoms with Gasteiger partial charge in [0, 0.05) is 30.7 Å². The SMILES string of the molecule is COc1ccccc1N1CCN(C(=O)CN(c2ccccc2Br)S(C)(=O)=O)CC1. The lowest BCUT2D eigenvalue weighted by Crippen LogP contribution is -2.52. The molecule has 3 rings (SSSR count). The van der Waals surface area contributed by atoms with Crippen molar-refractivity contribution in [2.24, 2.45) is 0 Å². The summed E-state index contributed by atoms with van der Waals surface area (Å²) in [6.45, 7) is 2.12. The summed E-state index contributed by atoms with van der Waals surface area (Å²) in [5, 5.41) is 0. The third-order valence-corrected chi connectivity index (χ3v) is 6.66. The molecular weight excluding hydrogens is 458 g/mol. The van der Waals surface area contributed by atoms with Gasteiger partial charge in [0.1, 0.15) is 12.3 Å². The number of benzene rings is 2. The first-order valence-electron chi connectivity index (χ1n) is 9.19. The van der Waals surface area contributed by atoms with Gasteiger partial charge in [-0.3, -0.25) is 9.10 Å². The molecule has 1 fully saturated rings. The van der Waals surface area contributed by atoms with E-state index in [2.05, 4.69) is 20.8 Å². The lowest BCUT2D eigenvalue weighted by Gasteiger charge is -2.37. The van der Waals surface area contributed by atoms with E-state index in [-0.39, 0.29) is 12.5 Å². The first-order valence-corrected chi connectivity index (χ1v) is 11.8. The highest BCUT2D eigenvalue weighted by Crippen LogP contribution is 2.29. The molecule has 0 spiro atoms. The molecule has 0 atom stereocenters. The number of hydrogen-bond acceptors (Lipinski definition) is 5. The van der Waals surface area contributed by atoms with Gasteiger partial charge in [0.25, 0.3) is 0 Å². The number of carbonyl (C=O) groups excluding carboxylic acids is 1. The summed E-state index contributed by atoms with van der Waals surface area (Å²) >= 11 is 3.37. The lowest BCUT2D eigenvalue weighted by molar-refractivity contribution is -0.129. The van der Waals surface area contributed by atoms with Crippen molar-refractivity contribution in [3.63, 3.8) is 0 Å². The molecule has 1 aliphatic rings. The van der Waals surface area contributed by atoms with Gasteiger partial charge in [0.05, 0.1) is 24.7 Å². The van der Waals surface area contributed by atoms with E-state index in [1.807, 2.05) is 24.3 Å². The van der Waals surface area contributed by atoms with Crippen LogP contribution in [0.4, 0.5) is 11.4 Å². The van der Waals surface area contributed by atoms with E-state index in [9.17, 15) is 13.2 Å². The molecule has 1 saturated heterocycles. The van der Waals surface area contributed by atoms with Crippen LogP contribution in [0.2, 0.25) is 0 Å². The number of anilines is 2. The predicted octanol–water partition coefficient (Wildman–Crippen LogP) is 2.57. The second-order valence-corrected chi connectivity index (χ2v) is 9.52. The van der Waals surface area contributed by atoms with Crippen LogP contribution in [0.1, 0.15) is 0 Å². The minimum absolute atomic E-state index is 0.217. The summed E-state index contributed by atoms with van der Waals surface area (Å²) < 4.78 is 31.8. The summed E-state index contributed by atoms with van der Waals surface area (Å²) in [5.74, 6) is 0.579. The Morgan fingerprint density at radius 3 is 2.31 bits per heavy atom. The summed E-state index contributed by atoms with van der Waals surface area (Å²) in [6.07, 6.45) is 1.11. The van der Waals surface area contributed by atoms with E-state index in [1.165, 1.54) is 0 Å². The fraction of sp³-hybridized carbons (Fsp3) is 0.350. The number of piperazine rings is 1. The Morgan fingerprint density at radius 2 is 1.69 bits per heavy atom. The Hall–Kier alpha value is -2.26. The Morgan fingerprint density at radius 1 is 1.07 bits per heavy atom. The Kier molecular flexibility index (Phi) is 6.69. The number of carbonyl (C=O) groups is 1. The molecule has 0 aromatic heterocycles. The van der Waals surface area contributed by atoms with Gasteiger partial charge in [0.2, 0.25) is 15.9 Å². The van der Waals surface area contributed by atoms with Crippen LogP contribution >= 0.6 is 15.9 Å². The maximum atomic E-state index is 12.9. The van der Waals surface area contributed by atoms with E-state index < -0.39 is 10.0 Å². The van der Waals surface area contributed by atoms with Crippen molar-refractivity contribution in [2.45, 2.75) is 0 Å². The van der Waals surface area contributed by atoms with Gasteiger partial charge in [-0.1, -0.05) is 24.3 Å². The summed E-state index contributed by atoms with van der Waals surface area (Å²) in [4.78, 5) is 16.7. The van der Waals surface area contributed by atoms with Gasteiger partial charge >= 0.3 is 0 Å². The summed E-state index contributed by atoms with van der Waals surface area (Å²) in [5.41, 5.74) is 1.45. The van der Waals surface area contributed by atoms with Gasteiger partial charge < -0.3 is 14.5 Å². The van der Waals surface area contributed by atoms with Crippen molar-refractivity contribution in [2.75, 3.05) is 55.3 Å². The topological polar surface area (TPSA) is 70.2 Å². The zero-order valence-electron chi connectivity index (χ0n) is 16.4. The highest BCUT2D eigenvalue weighted by atomic mass is 79.9. The smallest absolute Gasteiger partial charge is 0.243 e. The molecule has 0 radical (unpaired) electrons. The lowest BCUT2D eigenvalue weighted by atomic mass is 10.2. The van der Waals surface area contributed by atoms with Crippen molar-refractivity contribution in [3.8, 4) is 5.75 Å². The molecule has 7 nitrogen and oxygen atoms in total. The molecule has 156 valence electrons. The van der Waals surface area contributed by atoms with Crippen molar-refractivity contribution < 1.29 is 17.9 Å². The maximum absolute atomic E-state index is 12.9. The highest BCUT2D eigenvalue weighted by Gasteiger charge is 2.28. The normalized spacial score (nSPS) is 14.6. The molecule has 2 aromatic rings. The molecule has 0 N–H and O–H groups in total. The van der Waals surface area contributed by atoms with Crippen molar-refractivity contribution in [1.82, 2.24) is 4.90 Å². The van der Waals surface area contributed by atoms with E-state index in [4.69, 9.17) is 4.74 Å². The van der Waals surface area contributed by atoms with Gasteiger partial charge in [-0.15, -0.1) is 0 Å². The van der Waals surface area contributed by atoms with Gasteiger partial charge in [-0.2, -0.15) is 0 Å². The van der Waals surface area contributed by atoms with Crippen LogP contribution in [-0.4, -0.2) is 65.3 Å². The molecule has 1 aliphatic heterocycles. The number of amides is 1. The Labute approximate surface area is 180 Å². The van der Waals surface area contributed by atoms with E-state index in [0.29, 0.717) is 36.3 Å². The van der Waals surface area contributed by atoms with Crippen molar-refractivity contribution in [1.29, 1.82) is 0 Å². The first kappa shape index (κ1) is 21.4. The Balaban J connectivity index is 1.69. The van der Waals surface area contributed by atoms with Gasteiger partial charge in [-0.25, -0.2) is 8.42 Å². The fourth-order valence-corrected chi connectivity index (χ4v) is 4.82. The molecule has 29 heavy (non-hydrogen) atoms. The molecular formula is C20H24BrN3O4S. The quantitative estimate of drug-likeness (QED) is 0.633. The average Bonchev–Trinajstić information content (AvgIpc) is 2.72. The van der Waals surface area contributed by atoms with Crippen LogP contribution in [0.5, 0.6) is 5.75 Å². The van der Waals surface area contributed by atoms with Gasteiger partial charge in [0.15, 0.2) is 0 Å². The van der Waals surface area contributed by atoms with Crippen LogP contribution in [0.25, 0.3) is 0 Å². The van der Waals surface area contributed by atoms with Crippen molar-refractivity contribution >= 4 is 43.2 Å². The minimum Gasteiger partial charge on any atom is -0.495 e. The molecule has 0 aliphatic carbocycles. The molecule has 0 bridgehead atoms. The highest BCUT2D eigenvalue weighted by molar-refractivity contribution is 9.10. The van der Waals surface area contributed by atoms with E-state index in [1.54, 1.807) is 36.3 Å². The predicted molar refractivity (Wildman–Crippen MR) is 118 cm³/mol. The maximum Gasteiger partial charge on any atom is 0.243 e. The number of sulfonamides is 1. The third kappa shape index (κ3) is 5.02. The molecule has 0 unspecified atom stereocenters. The number of nitrogens with zero attached hydrogens (tertiary/aromatic N) is 3. The van der Waals surface area contributed by atoms with Crippen LogP contribution in [0.15, 0.2) is 53.0 Å². The largest absolute Gasteiger partial charge is 0.495 e. The third-order valence-electron chi connectivity index (χ3n) is 4.86. The summed E-state index contributed by atoms with van der Waals surface area (Å²) in [7, 11) is -1.97. The number of para-hydroxylation sites is 3. The molecule has 2 aromatic carbocycles. The van der Waals surface area contributed by atoms with Crippen LogP contribution in [0.3, 0.4) is 0 Å². The summed E-state index contributed by atoms with van der Waals surface area (Å²) in [6, 6.07) is 14.8. The molecule has 1 amide bonds. The second kappa shape index (κ2) is 9.04. The number of halogens is 1. The van der Waals surface area contributed by atoms with Crippen LogP contribution < -0.4 is 13.9 Å². The van der Waals surface area contributed by atoms with E-state index in [0.717, 1.165) is 22.0 Å². The second-order valence-electron chi connectivity index (χ2n) is 6.76. The van der Waals surface area contributed by atoms with Crippen LogP contribution in [0, 0.1) is 0 Å². The van der Waals surface area contributed by atoms with Gasteiger partial charge in [-0.05, 0) is 40.2 Å². The zero-order chi connectivity index (χ0) is 21.0. The van der Waals surface area contributed by atoms with Crippen LogP contribution in [-0.2, 0) is 14.8 Å². The number of rotatable bonds is 6. The minimum atomic E-state index is -3.61. The first-order chi connectivity index (χ1) is 13.8. The average molecular weight is 482 g/mol. The number of methoxy groups -OCH3 is 1. The van der Waals surface area contributed by atoms with Crippen molar-refractivity contribution in [3.05, 3.63) is 53.0 Å². The molecule has 0 saturated carbocycles. The zero-order valence-corrected chi connectivity index (χ0v) is 18.8. The molecule has 9 heteroatoms. The Bertz CT molecular complexity index is 975. The standard InChI is InChI=1S/C20H24BrN3O4S/c1-28-19-10-6-5-9-18(19)22-11-13-23(14-12-22)20(25)15-24(29(2,26)27)17-8-4-3-7-16(17)21/h3-10H,11-15H2,1-2H3. The molecule has 1 heterocycles. The number of ether oxygens (including phenoxy) is 1.